The summed E-state index contributed by atoms with van der Waals surface area (Å²) in [5.74, 6) is 0.282. The van der Waals surface area contributed by atoms with E-state index in [4.69, 9.17) is 11.6 Å². The van der Waals surface area contributed by atoms with Crippen molar-refractivity contribution in [3.8, 4) is 0 Å². The van der Waals surface area contributed by atoms with Gasteiger partial charge < -0.3 is 5.32 Å². The fraction of sp³-hybridized carbons (Fsp3) is 0.538. The van der Waals surface area contributed by atoms with Crippen LogP contribution in [0, 0.1) is 11.7 Å². The molecule has 0 aliphatic rings. The molecule has 90 valence electrons. The lowest BCUT2D eigenvalue weighted by atomic mass is 9.94. The average Bonchev–Trinajstić information content (AvgIpc) is 2.29. The summed E-state index contributed by atoms with van der Waals surface area (Å²) in [6, 6.07) is 5.18. The maximum absolute atomic E-state index is 13.0. The summed E-state index contributed by atoms with van der Waals surface area (Å²) in [4.78, 5) is 0. The normalized spacial score (nSPS) is 14.8. The number of halogens is 2. The first kappa shape index (κ1) is 13.5. The van der Waals surface area contributed by atoms with Crippen molar-refractivity contribution in [1.29, 1.82) is 0 Å². The molecule has 1 aromatic carbocycles. The van der Waals surface area contributed by atoms with Gasteiger partial charge in [-0.2, -0.15) is 0 Å². The molecule has 0 aliphatic carbocycles. The van der Waals surface area contributed by atoms with Crippen LogP contribution in [0.1, 0.15) is 38.3 Å². The van der Waals surface area contributed by atoms with E-state index in [0.29, 0.717) is 5.92 Å². The Morgan fingerprint density at radius 3 is 2.62 bits per heavy atom. The molecule has 0 spiro atoms. The summed E-state index contributed by atoms with van der Waals surface area (Å²) < 4.78 is 13.0. The summed E-state index contributed by atoms with van der Waals surface area (Å²) in [6.45, 7) is 4.39. The van der Waals surface area contributed by atoms with Crippen molar-refractivity contribution in [3.63, 3.8) is 0 Å². The zero-order valence-electron chi connectivity index (χ0n) is 10.1. The number of nitrogens with one attached hydrogen (secondary N) is 1. The highest BCUT2D eigenvalue weighted by Gasteiger charge is 2.13. The summed E-state index contributed by atoms with van der Waals surface area (Å²) in [5.41, 5.74) is 1.05. The molecule has 0 aliphatic heterocycles. The Balaban J connectivity index is 2.82. The molecule has 1 nitrogen and oxygen atoms in total. The Labute approximate surface area is 102 Å². The molecule has 1 rings (SSSR count). The highest BCUT2D eigenvalue weighted by Crippen LogP contribution is 2.26. The van der Waals surface area contributed by atoms with Crippen molar-refractivity contribution in [1.82, 2.24) is 5.32 Å². The third-order valence-electron chi connectivity index (χ3n) is 3.03. The van der Waals surface area contributed by atoms with E-state index in [-0.39, 0.29) is 16.9 Å². The first-order valence-electron chi connectivity index (χ1n) is 5.70. The van der Waals surface area contributed by atoms with Gasteiger partial charge in [0.2, 0.25) is 0 Å². The largest absolute Gasteiger partial charge is 0.313 e. The first-order valence-corrected chi connectivity index (χ1v) is 6.08. The minimum Gasteiger partial charge on any atom is -0.313 e. The molecule has 1 aromatic rings. The lowest BCUT2D eigenvalue weighted by Crippen LogP contribution is -2.19. The molecule has 2 unspecified atom stereocenters. The monoisotopic (exact) mass is 243 g/mol. The van der Waals surface area contributed by atoms with Gasteiger partial charge in [0.25, 0.3) is 0 Å². The fourth-order valence-electron chi connectivity index (χ4n) is 1.72. The van der Waals surface area contributed by atoms with E-state index in [2.05, 4.69) is 19.2 Å². The highest BCUT2D eigenvalue weighted by atomic mass is 35.5. The summed E-state index contributed by atoms with van der Waals surface area (Å²) in [6.07, 6.45) is 2.18. The second-order valence-electron chi connectivity index (χ2n) is 4.26. The molecule has 0 saturated carbocycles. The van der Waals surface area contributed by atoms with Gasteiger partial charge in [-0.15, -0.1) is 0 Å². The van der Waals surface area contributed by atoms with E-state index in [9.17, 15) is 4.39 Å². The molecule has 0 fully saturated rings. The lowest BCUT2D eigenvalue weighted by molar-refractivity contribution is 0.421. The van der Waals surface area contributed by atoms with Crippen LogP contribution in [0.15, 0.2) is 18.2 Å². The topological polar surface area (TPSA) is 12.0 Å². The molecule has 16 heavy (non-hydrogen) atoms. The maximum Gasteiger partial charge on any atom is 0.141 e. The third-order valence-corrected chi connectivity index (χ3v) is 3.32. The van der Waals surface area contributed by atoms with Gasteiger partial charge in [0.15, 0.2) is 0 Å². The van der Waals surface area contributed by atoms with E-state index in [1.54, 1.807) is 12.1 Å². The lowest BCUT2D eigenvalue weighted by Gasteiger charge is -2.20. The van der Waals surface area contributed by atoms with Crippen LogP contribution in [0.3, 0.4) is 0 Å². The van der Waals surface area contributed by atoms with Crippen molar-refractivity contribution >= 4 is 11.6 Å². The highest BCUT2D eigenvalue weighted by molar-refractivity contribution is 6.30. The van der Waals surface area contributed by atoms with E-state index >= 15 is 0 Å². The Hall–Kier alpha value is -0.600. The van der Waals surface area contributed by atoms with Gasteiger partial charge in [-0.1, -0.05) is 37.9 Å². The van der Waals surface area contributed by atoms with Gasteiger partial charge in [0, 0.05) is 6.04 Å². The fourth-order valence-corrected chi connectivity index (χ4v) is 1.91. The van der Waals surface area contributed by atoms with E-state index in [0.717, 1.165) is 18.4 Å². The van der Waals surface area contributed by atoms with Gasteiger partial charge in [-0.25, -0.2) is 4.39 Å². The quantitative estimate of drug-likeness (QED) is 0.818. The van der Waals surface area contributed by atoms with Crippen LogP contribution >= 0.6 is 11.6 Å². The number of rotatable bonds is 5. The van der Waals surface area contributed by atoms with E-state index < -0.39 is 0 Å². The van der Waals surface area contributed by atoms with Crippen LogP contribution in [0.4, 0.5) is 4.39 Å². The summed E-state index contributed by atoms with van der Waals surface area (Å²) >= 11 is 5.78. The molecular formula is C13H19ClFN. The van der Waals surface area contributed by atoms with E-state index in [1.807, 2.05) is 7.05 Å². The number of benzene rings is 1. The summed E-state index contributed by atoms with van der Waals surface area (Å²) in [7, 11) is 1.92. The average molecular weight is 244 g/mol. The first-order chi connectivity index (χ1) is 7.58. The Bertz CT molecular complexity index is 341. The van der Waals surface area contributed by atoms with Crippen LogP contribution in [0.2, 0.25) is 5.02 Å². The van der Waals surface area contributed by atoms with Gasteiger partial charge in [0.1, 0.15) is 5.82 Å². The standard InChI is InChI=1S/C13H19ClFN/c1-4-9(2)7-13(16-3)10-5-6-12(15)11(14)8-10/h5-6,8-9,13,16H,4,7H2,1-3H3. The van der Waals surface area contributed by atoms with Crippen LogP contribution in [-0.2, 0) is 0 Å². The number of hydrogen-bond acceptors (Lipinski definition) is 1. The zero-order chi connectivity index (χ0) is 12.1. The molecule has 0 bridgehead atoms. The summed E-state index contributed by atoms with van der Waals surface area (Å²) in [5, 5.41) is 3.45. The molecule has 1 N–H and O–H groups in total. The van der Waals surface area contributed by atoms with Crippen molar-refractivity contribution in [2.24, 2.45) is 5.92 Å². The van der Waals surface area contributed by atoms with Crippen molar-refractivity contribution in [2.75, 3.05) is 7.05 Å². The van der Waals surface area contributed by atoms with Gasteiger partial charge >= 0.3 is 0 Å². The molecule has 0 amide bonds. The third kappa shape index (κ3) is 3.46. The molecule has 2 atom stereocenters. The SMILES string of the molecule is CCC(C)CC(NC)c1ccc(F)c(Cl)c1. The minimum absolute atomic E-state index is 0.196. The predicted octanol–water partition coefficient (Wildman–Crippen LogP) is 4.18. The minimum atomic E-state index is -0.358. The van der Waals surface area contributed by atoms with Gasteiger partial charge in [-0.05, 0) is 37.1 Å². The van der Waals surface area contributed by atoms with Crippen LogP contribution in [0.25, 0.3) is 0 Å². The Morgan fingerprint density at radius 2 is 2.12 bits per heavy atom. The molecule has 0 saturated heterocycles. The molecule has 3 heteroatoms. The van der Waals surface area contributed by atoms with Crippen LogP contribution in [0.5, 0.6) is 0 Å². The second kappa shape index (κ2) is 6.21. The predicted molar refractivity (Wildman–Crippen MR) is 67.3 cm³/mol. The van der Waals surface area contributed by atoms with Crippen molar-refractivity contribution < 1.29 is 4.39 Å². The van der Waals surface area contributed by atoms with Crippen LogP contribution < -0.4 is 5.32 Å². The molecule has 0 aromatic heterocycles. The van der Waals surface area contributed by atoms with Crippen molar-refractivity contribution in [3.05, 3.63) is 34.6 Å². The van der Waals surface area contributed by atoms with Crippen LogP contribution in [-0.4, -0.2) is 7.05 Å². The zero-order valence-corrected chi connectivity index (χ0v) is 10.8. The second-order valence-corrected chi connectivity index (χ2v) is 4.67. The van der Waals surface area contributed by atoms with Gasteiger partial charge in [-0.3, -0.25) is 0 Å². The molecule has 0 heterocycles. The molecular weight excluding hydrogens is 225 g/mol. The van der Waals surface area contributed by atoms with Crippen molar-refractivity contribution in [2.45, 2.75) is 32.7 Å². The maximum atomic E-state index is 13.0. The van der Waals surface area contributed by atoms with Gasteiger partial charge in [0.05, 0.1) is 5.02 Å². The van der Waals surface area contributed by atoms with E-state index in [1.165, 1.54) is 6.07 Å². The Morgan fingerprint density at radius 1 is 1.44 bits per heavy atom. The molecule has 0 radical (unpaired) electrons. The Kier molecular flexibility index (Phi) is 5.23. The smallest absolute Gasteiger partial charge is 0.141 e. The number of hydrogen-bond donors (Lipinski definition) is 1.